The predicted octanol–water partition coefficient (Wildman–Crippen LogP) is 3.72. The molecule has 3 aromatic rings. The number of guanidine groups is 1. The van der Waals surface area contributed by atoms with Crippen LogP contribution in [0.2, 0.25) is 0 Å². The lowest BCUT2D eigenvalue weighted by molar-refractivity contribution is -0.192. The third-order valence-corrected chi connectivity index (χ3v) is 5.42. The fourth-order valence-corrected chi connectivity index (χ4v) is 3.79. The van der Waals surface area contributed by atoms with Gasteiger partial charge in [-0.3, -0.25) is 9.69 Å². The average Bonchev–Trinajstić information content (AvgIpc) is 3.09. The number of amides is 1. The standard InChI is InChI=1S/C23H19N3O3.C2HF3O2/c1-26-21(29)23(25-22(26)24,16-11-6-3-7-12-16)19-17(15-9-4-2-5-10-15)13-8-14-18(19)20(27)28;3-2(4,5)1(6)7/h2-14H,1H3,(H2,24,25)(H,27,28);(H,6,7). The minimum absolute atomic E-state index is 0.00964. The number of likely N-dealkylation sites (N-methyl/N-ethyl adjacent to an activating group) is 1. The van der Waals surface area contributed by atoms with E-state index in [1.54, 1.807) is 36.4 Å². The van der Waals surface area contributed by atoms with Gasteiger partial charge >= 0.3 is 18.1 Å². The number of benzene rings is 3. The van der Waals surface area contributed by atoms with Crippen LogP contribution in [0.1, 0.15) is 21.5 Å². The van der Waals surface area contributed by atoms with Crippen molar-refractivity contribution in [2.75, 3.05) is 7.05 Å². The molecule has 0 fully saturated rings. The SMILES string of the molecule is CN1C(=O)C(c2ccccc2)(c2c(C(=O)O)cccc2-c2ccccc2)N=C1N.O=C(O)C(F)(F)F. The van der Waals surface area contributed by atoms with E-state index in [1.807, 2.05) is 36.4 Å². The molecule has 3 aromatic carbocycles. The van der Waals surface area contributed by atoms with Gasteiger partial charge in [0.15, 0.2) is 11.5 Å². The van der Waals surface area contributed by atoms with Crippen molar-refractivity contribution >= 4 is 23.8 Å². The molecule has 11 heteroatoms. The lowest BCUT2D eigenvalue weighted by atomic mass is 9.76. The van der Waals surface area contributed by atoms with Crippen LogP contribution < -0.4 is 5.73 Å². The summed E-state index contributed by atoms with van der Waals surface area (Å²) in [6.45, 7) is 0. The molecular formula is C25H20F3N3O5. The van der Waals surface area contributed by atoms with Gasteiger partial charge in [-0.2, -0.15) is 13.2 Å². The number of aliphatic carboxylic acids is 1. The van der Waals surface area contributed by atoms with E-state index in [1.165, 1.54) is 18.0 Å². The Hall–Kier alpha value is -4.67. The third-order valence-electron chi connectivity index (χ3n) is 5.42. The van der Waals surface area contributed by atoms with E-state index in [2.05, 4.69) is 4.99 Å². The van der Waals surface area contributed by atoms with Gasteiger partial charge in [-0.25, -0.2) is 14.6 Å². The largest absolute Gasteiger partial charge is 0.490 e. The summed E-state index contributed by atoms with van der Waals surface area (Å²) < 4.78 is 31.7. The predicted molar refractivity (Wildman–Crippen MR) is 124 cm³/mol. The Balaban J connectivity index is 0.000000454. The van der Waals surface area contributed by atoms with E-state index in [0.29, 0.717) is 16.7 Å². The van der Waals surface area contributed by atoms with E-state index in [9.17, 15) is 27.9 Å². The van der Waals surface area contributed by atoms with Crippen molar-refractivity contribution in [1.82, 2.24) is 4.90 Å². The summed E-state index contributed by atoms with van der Waals surface area (Å²) in [5.74, 6) is -4.25. The van der Waals surface area contributed by atoms with E-state index < -0.39 is 29.6 Å². The van der Waals surface area contributed by atoms with Gasteiger partial charge in [0.05, 0.1) is 5.56 Å². The number of nitrogens with two attached hydrogens (primary N) is 1. The molecular weight excluding hydrogens is 479 g/mol. The highest BCUT2D eigenvalue weighted by atomic mass is 19.4. The number of nitrogens with zero attached hydrogens (tertiary/aromatic N) is 2. The van der Waals surface area contributed by atoms with Crippen molar-refractivity contribution in [3.05, 3.63) is 95.6 Å². The summed E-state index contributed by atoms with van der Waals surface area (Å²) in [6, 6.07) is 23.3. The molecule has 36 heavy (non-hydrogen) atoms. The fraction of sp³-hybridized carbons (Fsp3) is 0.120. The van der Waals surface area contributed by atoms with Gasteiger partial charge < -0.3 is 15.9 Å². The molecule has 1 atom stereocenters. The molecule has 1 heterocycles. The molecule has 1 unspecified atom stereocenters. The first-order chi connectivity index (χ1) is 16.9. The number of carboxylic acids is 2. The van der Waals surface area contributed by atoms with E-state index in [-0.39, 0.29) is 11.5 Å². The van der Waals surface area contributed by atoms with Crippen LogP contribution in [0.3, 0.4) is 0 Å². The van der Waals surface area contributed by atoms with Crippen LogP contribution in [0.15, 0.2) is 83.9 Å². The average molecular weight is 499 g/mol. The molecule has 0 radical (unpaired) electrons. The molecule has 0 spiro atoms. The summed E-state index contributed by atoms with van der Waals surface area (Å²) in [7, 11) is 1.54. The van der Waals surface area contributed by atoms with Crippen molar-refractivity contribution in [2.24, 2.45) is 10.7 Å². The minimum Gasteiger partial charge on any atom is -0.478 e. The molecule has 0 aromatic heterocycles. The monoisotopic (exact) mass is 499 g/mol. The number of alkyl halides is 3. The van der Waals surface area contributed by atoms with E-state index in [4.69, 9.17) is 15.6 Å². The zero-order chi connectivity index (χ0) is 26.7. The molecule has 0 bridgehead atoms. The number of hydrogen-bond donors (Lipinski definition) is 3. The Morgan fingerprint density at radius 2 is 1.44 bits per heavy atom. The Kier molecular flexibility index (Phi) is 7.14. The van der Waals surface area contributed by atoms with Crippen molar-refractivity contribution < 1.29 is 37.8 Å². The summed E-state index contributed by atoms with van der Waals surface area (Å²) in [4.78, 5) is 40.5. The first-order valence-corrected chi connectivity index (χ1v) is 10.3. The minimum atomic E-state index is -5.08. The van der Waals surface area contributed by atoms with Crippen LogP contribution in [-0.4, -0.2) is 52.1 Å². The van der Waals surface area contributed by atoms with Crippen LogP contribution in [0.4, 0.5) is 13.2 Å². The van der Waals surface area contributed by atoms with Gasteiger partial charge in [0, 0.05) is 12.6 Å². The number of aliphatic imine (C=N–C) groups is 1. The van der Waals surface area contributed by atoms with Crippen molar-refractivity contribution in [3.63, 3.8) is 0 Å². The number of aromatic carboxylic acids is 1. The highest BCUT2D eigenvalue weighted by molar-refractivity contribution is 6.11. The van der Waals surface area contributed by atoms with Crippen molar-refractivity contribution in [2.45, 2.75) is 11.7 Å². The second-order valence-corrected chi connectivity index (χ2v) is 7.61. The van der Waals surface area contributed by atoms with Crippen LogP contribution in [0.25, 0.3) is 11.1 Å². The van der Waals surface area contributed by atoms with Gasteiger partial charge in [0.25, 0.3) is 5.91 Å². The van der Waals surface area contributed by atoms with Gasteiger partial charge in [-0.05, 0) is 22.8 Å². The highest BCUT2D eigenvalue weighted by Crippen LogP contribution is 2.45. The molecule has 8 nitrogen and oxygen atoms in total. The molecule has 1 amide bonds. The topological polar surface area (TPSA) is 133 Å². The van der Waals surface area contributed by atoms with E-state index in [0.717, 1.165) is 5.56 Å². The van der Waals surface area contributed by atoms with Crippen molar-refractivity contribution in [1.29, 1.82) is 0 Å². The van der Waals surface area contributed by atoms with Crippen LogP contribution in [0.5, 0.6) is 0 Å². The van der Waals surface area contributed by atoms with Crippen LogP contribution in [0, 0.1) is 0 Å². The lowest BCUT2D eigenvalue weighted by Crippen LogP contribution is -2.42. The maximum absolute atomic E-state index is 13.5. The molecule has 0 saturated carbocycles. The maximum Gasteiger partial charge on any atom is 0.490 e. The quantitative estimate of drug-likeness (QED) is 0.501. The van der Waals surface area contributed by atoms with Gasteiger partial charge in [0.2, 0.25) is 0 Å². The first-order valence-electron chi connectivity index (χ1n) is 10.3. The second kappa shape index (κ2) is 9.90. The molecule has 4 rings (SSSR count). The molecule has 1 aliphatic rings. The number of carbonyl (C=O) groups is 3. The number of carbonyl (C=O) groups excluding carboxylic acids is 1. The summed E-state index contributed by atoms with van der Waals surface area (Å²) >= 11 is 0. The van der Waals surface area contributed by atoms with Crippen LogP contribution in [-0.2, 0) is 15.1 Å². The number of hydrogen-bond acceptors (Lipinski definition) is 5. The zero-order valence-electron chi connectivity index (χ0n) is 18.7. The fourth-order valence-electron chi connectivity index (χ4n) is 3.79. The van der Waals surface area contributed by atoms with E-state index >= 15 is 0 Å². The Bertz CT molecular complexity index is 1330. The van der Waals surface area contributed by atoms with Crippen LogP contribution >= 0.6 is 0 Å². The smallest absolute Gasteiger partial charge is 0.478 e. The van der Waals surface area contributed by atoms with Gasteiger partial charge in [-0.1, -0.05) is 72.8 Å². The van der Waals surface area contributed by atoms with Gasteiger partial charge in [0.1, 0.15) is 0 Å². The third kappa shape index (κ3) is 4.76. The molecule has 0 aliphatic carbocycles. The number of halogens is 3. The maximum atomic E-state index is 13.5. The number of carboxylic acid groups (broad SMARTS) is 2. The molecule has 1 aliphatic heterocycles. The normalized spacial score (nSPS) is 17.2. The zero-order valence-corrected chi connectivity index (χ0v) is 18.7. The van der Waals surface area contributed by atoms with Crippen molar-refractivity contribution in [3.8, 4) is 11.1 Å². The second-order valence-electron chi connectivity index (χ2n) is 7.61. The number of rotatable bonds is 4. The van der Waals surface area contributed by atoms with Gasteiger partial charge in [-0.15, -0.1) is 0 Å². The lowest BCUT2D eigenvalue weighted by Gasteiger charge is -2.29. The highest BCUT2D eigenvalue weighted by Gasteiger charge is 2.52. The molecule has 186 valence electrons. The summed E-state index contributed by atoms with van der Waals surface area (Å²) in [5.41, 5.74) is 6.74. The Labute approximate surface area is 203 Å². The summed E-state index contributed by atoms with van der Waals surface area (Å²) in [5, 5.41) is 17.1. The Morgan fingerprint density at radius 1 is 0.917 bits per heavy atom. The molecule has 0 saturated heterocycles. The molecule has 4 N–H and O–H groups in total. The summed E-state index contributed by atoms with van der Waals surface area (Å²) in [6.07, 6.45) is -5.08. The first kappa shape index (κ1) is 25.9. The Morgan fingerprint density at radius 3 is 1.89 bits per heavy atom.